The highest BCUT2D eigenvalue weighted by molar-refractivity contribution is 6.68. The van der Waals surface area contributed by atoms with Gasteiger partial charge in [-0.15, -0.1) is 0 Å². The van der Waals surface area contributed by atoms with E-state index in [4.69, 9.17) is 44.3 Å². The molecule has 1 aromatic rings. The second-order valence-corrected chi connectivity index (χ2v) is 6.12. The fraction of sp³-hybridized carbons (Fsp3) is 0.182. The van der Waals surface area contributed by atoms with Gasteiger partial charge in [0.1, 0.15) is 0 Å². The van der Waals surface area contributed by atoms with Crippen LogP contribution in [0, 0.1) is 10.1 Å². The third-order valence-corrected chi connectivity index (χ3v) is 2.85. The van der Waals surface area contributed by atoms with E-state index in [1.807, 2.05) is 0 Å². The molecule has 0 aromatic heterocycles. The van der Waals surface area contributed by atoms with Crippen LogP contribution in [0.3, 0.4) is 0 Å². The van der Waals surface area contributed by atoms with Crippen molar-refractivity contribution in [1.29, 1.82) is 0 Å². The number of esters is 1. The number of ether oxygens (including phenoxy) is 2. The van der Waals surface area contributed by atoms with Crippen molar-refractivity contribution in [3.63, 3.8) is 0 Å². The minimum atomic E-state index is -1.90. The standard InChI is InChI=1S/C11H6Cl3NO5/c12-11(13,14)10-19-8(9(16)20-10)5-6-1-3-7(4-2-6)15(17)18/h1-5,10H/b8-5+. The lowest BCUT2D eigenvalue weighted by atomic mass is 10.2. The van der Waals surface area contributed by atoms with Crippen LogP contribution in [0.1, 0.15) is 5.56 Å². The lowest BCUT2D eigenvalue weighted by Crippen LogP contribution is -2.26. The van der Waals surface area contributed by atoms with Crippen molar-refractivity contribution >= 4 is 52.5 Å². The molecule has 0 bridgehead atoms. The van der Waals surface area contributed by atoms with Crippen molar-refractivity contribution in [1.82, 2.24) is 0 Å². The molecule has 1 atom stereocenters. The third kappa shape index (κ3) is 3.33. The normalized spacial score (nSPS) is 20.6. The predicted molar refractivity (Wildman–Crippen MR) is 72.3 cm³/mol. The maximum atomic E-state index is 11.5. The van der Waals surface area contributed by atoms with Crippen LogP contribution in [0.25, 0.3) is 6.08 Å². The van der Waals surface area contributed by atoms with Gasteiger partial charge in [-0.2, -0.15) is 0 Å². The highest BCUT2D eigenvalue weighted by Crippen LogP contribution is 2.38. The quantitative estimate of drug-likeness (QED) is 0.272. The summed E-state index contributed by atoms with van der Waals surface area (Å²) in [6, 6.07) is 5.48. The summed E-state index contributed by atoms with van der Waals surface area (Å²) < 4.78 is 7.92. The van der Waals surface area contributed by atoms with E-state index in [9.17, 15) is 14.9 Å². The molecule has 1 aromatic carbocycles. The Labute approximate surface area is 128 Å². The van der Waals surface area contributed by atoms with Crippen LogP contribution in [0.5, 0.6) is 0 Å². The van der Waals surface area contributed by atoms with Gasteiger partial charge < -0.3 is 9.47 Å². The fourth-order valence-electron chi connectivity index (χ4n) is 1.41. The summed E-state index contributed by atoms with van der Waals surface area (Å²) in [5.41, 5.74) is 0.439. The van der Waals surface area contributed by atoms with E-state index >= 15 is 0 Å². The summed E-state index contributed by atoms with van der Waals surface area (Å²) in [4.78, 5) is 21.5. The first-order valence-electron chi connectivity index (χ1n) is 5.18. The molecule has 1 unspecified atom stereocenters. The minimum absolute atomic E-state index is 0.0683. The Kier molecular flexibility index (Phi) is 4.08. The van der Waals surface area contributed by atoms with Crippen molar-refractivity contribution < 1.29 is 19.2 Å². The average Bonchev–Trinajstić information content (AvgIpc) is 2.71. The van der Waals surface area contributed by atoms with Gasteiger partial charge in [-0.25, -0.2) is 4.79 Å². The van der Waals surface area contributed by atoms with Gasteiger partial charge in [0.05, 0.1) is 4.92 Å². The van der Waals surface area contributed by atoms with Crippen LogP contribution in [0.4, 0.5) is 5.69 Å². The lowest BCUT2D eigenvalue weighted by molar-refractivity contribution is -0.384. The number of hydrogen-bond donors (Lipinski definition) is 0. The van der Waals surface area contributed by atoms with Crippen LogP contribution < -0.4 is 0 Å². The van der Waals surface area contributed by atoms with E-state index < -0.39 is 21.0 Å². The molecule has 0 aliphatic carbocycles. The van der Waals surface area contributed by atoms with Gasteiger partial charge in [-0.05, 0) is 23.8 Å². The Hall–Kier alpha value is -1.50. The second-order valence-electron chi connectivity index (χ2n) is 3.75. The molecule has 1 fully saturated rings. The van der Waals surface area contributed by atoms with Crippen LogP contribution in [-0.2, 0) is 14.3 Å². The number of nitro benzene ring substituents is 1. The van der Waals surface area contributed by atoms with Crippen molar-refractivity contribution in [2.75, 3.05) is 0 Å². The lowest BCUT2D eigenvalue weighted by Gasteiger charge is -2.15. The number of alkyl halides is 3. The molecule has 0 radical (unpaired) electrons. The van der Waals surface area contributed by atoms with Gasteiger partial charge in [0.25, 0.3) is 15.8 Å². The number of carbonyl (C=O) groups excluding carboxylic acids is 1. The second kappa shape index (κ2) is 5.47. The number of benzene rings is 1. The van der Waals surface area contributed by atoms with Crippen molar-refractivity contribution in [2.24, 2.45) is 0 Å². The first-order chi connectivity index (χ1) is 9.27. The summed E-state index contributed by atoms with van der Waals surface area (Å²) in [6.07, 6.45) is 0.00643. The third-order valence-electron chi connectivity index (χ3n) is 2.32. The fourth-order valence-corrected chi connectivity index (χ4v) is 1.68. The molecule has 0 amide bonds. The highest BCUT2D eigenvalue weighted by Gasteiger charge is 2.44. The molecule has 0 spiro atoms. The molecule has 1 aliphatic rings. The zero-order chi connectivity index (χ0) is 14.9. The minimum Gasteiger partial charge on any atom is -0.443 e. The topological polar surface area (TPSA) is 78.7 Å². The van der Waals surface area contributed by atoms with E-state index in [2.05, 4.69) is 0 Å². The molecule has 20 heavy (non-hydrogen) atoms. The van der Waals surface area contributed by atoms with E-state index in [1.165, 1.54) is 30.3 Å². The zero-order valence-corrected chi connectivity index (χ0v) is 11.9. The zero-order valence-electron chi connectivity index (χ0n) is 9.59. The molecule has 6 nitrogen and oxygen atoms in total. The number of rotatable bonds is 2. The Morgan fingerprint density at radius 1 is 1.20 bits per heavy atom. The molecule has 2 rings (SSSR count). The molecule has 0 saturated carbocycles. The molecule has 1 aliphatic heterocycles. The van der Waals surface area contributed by atoms with Gasteiger partial charge in [0, 0.05) is 12.1 Å². The summed E-state index contributed by atoms with van der Waals surface area (Å²) in [5, 5.41) is 10.5. The van der Waals surface area contributed by atoms with Crippen LogP contribution in [0.2, 0.25) is 0 Å². The predicted octanol–water partition coefficient (Wildman–Crippen LogP) is 3.21. The maximum absolute atomic E-state index is 11.5. The Morgan fingerprint density at radius 3 is 2.25 bits per heavy atom. The first-order valence-corrected chi connectivity index (χ1v) is 6.31. The van der Waals surface area contributed by atoms with Crippen LogP contribution in [0.15, 0.2) is 30.0 Å². The SMILES string of the molecule is O=C1OC(C(Cl)(Cl)Cl)O/C1=C/c1ccc([N+](=O)[O-])cc1. The highest BCUT2D eigenvalue weighted by atomic mass is 35.6. The monoisotopic (exact) mass is 337 g/mol. The number of non-ortho nitro benzene ring substituents is 1. The molecule has 9 heteroatoms. The summed E-state index contributed by atoms with van der Waals surface area (Å²) in [5.74, 6) is -0.921. The van der Waals surface area contributed by atoms with E-state index in [1.54, 1.807) is 0 Å². The maximum Gasteiger partial charge on any atom is 0.377 e. The number of hydrogen-bond acceptors (Lipinski definition) is 5. The number of halogens is 3. The largest absolute Gasteiger partial charge is 0.443 e. The van der Waals surface area contributed by atoms with Crippen molar-refractivity contribution in [3.05, 3.63) is 45.7 Å². The molecular weight excluding hydrogens is 332 g/mol. The molecule has 106 valence electrons. The smallest absolute Gasteiger partial charge is 0.377 e. The van der Waals surface area contributed by atoms with E-state index in [0.717, 1.165) is 0 Å². The number of nitro groups is 1. The van der Waals surface area contributed by atoms with Crippen molar-refractivity contribution in [3.8, 4) is 0 Å². The average molecular weight is 339 g/mol. The Balaban J connectivity index is 2.19. The van der Waals surface area contributed by atoms with E-state index in [0.29, 0.717) is 5.56 Å². The summed E-state index contributed by atoms with van der Waals surface area (Å²) in [6.45, 7) is 0. The Bertz CT molecular complexity index is 579. The first kappa shape index (κ1) is 14.9. The van der Waals surface area contributed by atoms with Gasteiger partial charge in [-0.1, -0.05) is 34.8 Å². The van der Waals surface area contributed by atoms with Crippen LogP contribution >= 0.6 is 34.8 Å². The van der Waals surface area contributed by atoms with Crippen molar-refractivity contribution in [2.45, 2.75) is 10.1 Å². The van der Waals surface area contributed by atoms with Gasteiger partial charge in [0.2, 0.25) is 5.76 Å². The summed E-state index contributed by atoms with van der Waals surface area (Å²) in [7, 11) is 0. The van der Waals surface area contributed by atoms with E-state index in [-0.39, 0.29) is 11.4 Å². The Morgan fingerprint density at radius 2 is 1.80 bits per heavy atom. The molecule has 1 heterocycles. The van der Waals surface area contributed by atoms with Gasteiger partial charge in [0.15, 0.2) is 0 Å². The van der Waals surface area contributed by atoms with Gasteiger partial charge >= 0.3 is 5.97 Å². The number of carbonyl (C=O) groups is 1. The van der Waals surface area contributed by atoms with Gasteiger partial charge in [-0.3, -0.25) is 10.1 Å². The summed E-state index contributed by atoms with van der Waals surface area (Å²) >= 11 is 16.7. The van der Waals surface area contributed by atoms with Crippen LogP contribution in [-0.4, -0.2) is 21.0 Å². The molecule has 1 saturated heterocycles. The number of nitrogens with zero attached hydrogens (tertiary/aromatic N) is 1. The molecule has 0 N–H and O–H groups in total. The molecular formula is C11H6Cl3NO5. The number of cyclic esters (lactones) is 1.